The Labute approximate surface area is 114 Å². The molecule has 1 heterocycles. The first-order chi connectivity index (χ1) is 9.24. The molecule has 0 aromatic heterocycles. The molecule has 1 N–H and O–H groups in total. The molecule has 0 radical (unpaired) electrons. The highest BCUT2D eigenvalue weighted by Crippen LogP contribution is 2.30. The average Bonchev–Trinajstić information content (AvgIpc) is 2.45. The molecule has 2 rings (SSSR count). The topological polar surface area (TPSA) is 30.5 Å². The summed E-state index contributed by atoms with van der Waals surface area (Å²) in [6.07, 6.45) is 3.02. The molecule has 2 atom stereocenters. The molecule has 4 heteroatoms. The minimum Gasteiger partial charge on any atom is -0.494 e. The van der Waals surface area contributed by atoms with Crippen LogP contribution in [-0.4, -0.2) is 26.3 Å². The fraction of sp³-hybridized carbons (Fsp3) is 0.600. The lowest BCUT2D eigenvalue weighted by Crippen LogP contribution is -2.36. The monoisotopic (exact) mass is 267 g/mol. The Hall–Kier alpha value is -1.13. The highest BCUT2D eigenvalue weighted by molar-refractivity contribution is 5.30. The van der Waals surface area contributed by atoms with E-state index in [1.807, 2.05) is 6.07 Å². The molecule has 2 unspecified atom stereocenters. The molecule has 0 spiro atoms. The molecule has 0 amide bonds. The molecular formula is C15H22FNO2. The van der Waals surface area contributed by atoms with Gasteiger partial charge in [0.2, 0.25) is 0 Å². The molecule has 19 heavy (non-hydrogen) atoms. The van der Waals surface area contributed by atoms with E-state index in [9.17, 15) is 4.39 Å². The van der Waals surface area contributed by atoms with Crippen molar-refractivity contribution < 1.29 is 13.9 Å². The Balaban J connectivity index is 2.02. The zero-order valence-corrected chi connectivity index (χ0v) is 11.6. The second-order valence-electron chi connectivity index (χ2n) is 4.93. The van der Waals surface area contributed by atoms with Crippen molar-refractivity contribution in [2.45, 2.75) is 38.3 Å². The summed E-state index contributed by atoms with van der Waals surface area (Å²) in [5, 5.41) is 3.51. The molecule has 1 aliphatic rings. The summed E-state index contributed by atoms with van der Waals surface area (Å²) in [4.78, 5) is 0. The number of ether oxygens (including phenoxy) is 2. The van der Waals surface area contributed by atoms with Gasteiger partial charge in [-0.2, -0.15) is 0 Å². The lowest BCUT2D eigenvalue weighted by atomic mass is 9.97. The van der Waals surface area contributed by atoms with Crippen LogP contribution in [0.4, 0.5) is 4.39 Å². The molecule has 106 valence electrons. The smallest absolute Gasteiger partial charge is 0.165 e. The van der Waals surface area contributed by atoms with E-state index in [4.69, 9.17) is 9.47 Å². The van der Waals surface area contributed by atoms with Crippen LogP contribution in [0.5, 0.6) is 5.75 Å². The van der Waals surface area contributed by atoms with E-state index in [1.165, 1.54) is 13.2 Å². The van der Waals surface area contributed by atoms with Gasteiger partial charge in [0.1, 0.15) is 0 Å². The molecule has 1 saturated heterocycles. The maximum absolute atomic E-state index is 13.7. The quantitative estimate of drug-likeness (QED) is 0.889. The lowest BCUT2D eigenvalue weighted by molar-refractivity contribution is 0.000167. The van der Waals surface area contributed by atoms with Gasteiger partial charge in [0.25, 0.3) is 0 Å². The number of hydrogen-bond acceptors (Lipinski definition) is 3. The Kier molecular flexibility index (Phi) is 5.16. The number of hydrogen-bond donors (Lipinski definition) is 1. The van der Waals surface area contributed by atoms with Crippen LogP contribution < -0.4 is 10.1 Å². The van der Waals surface area contributed by atoms with Gasteiger partial charge in [0, 0.05) is 12.6 Å². The standard InChI is InChI=1S/C15H22FNO2/c1-3-7-17-12-6-8-19-15(10-12)11-4-5-14(18-2)13(16)9-11/h4-5,9,12,15,17H,3,6-8,10H2,1-2H3. The number of nitrogens with one attached hydrogen (secondary N) is 1. The summed E-state index contributed by atoms with van der Waals surface area (Å²) in [5.74, 6) is -0.0486. The SMILES string of the molecule is CCCNC1CCOC(c2ccc(OC)c(F)c2)C1. The van der Waals surface area contributed by atoms with Gasteiger partial charge in [-0.1, -0.05) is 13.0 Å². The van der Waals surface area contributed by atoms with Crippen LogP contribution in [-0.2, 0) is 4.74 Å². The molecule has 1 aromatic rings. The van der Waals surface area contributed by atoms with Gasteiger partial charge in [0.15, 0.2) is 11.6 Å². The van der Waals surface area contributed by atoms with Crippen LogP contribution in [0.2, 0.25) is 0 Å². The zero-order valence-electron chi connectivity index (χ0n) is 11.6. The fourth-order valence-electron chi connectivity index (χ4n) is 2.45. The summed E-state index contributed by atoms with van der Waals surface area (Å²) in [6.45, 7) is 3.90. The van der Waals surface area contributed by atoms with Crippen molar-refractivity contribution in [3.8, 4) is 5.75 Å². The van der Waals surface area contributed by atoms with Crippen LogP contribution in [0.3, 0.4) is 0 Å². The van der Waals surface area contributed by atoms with E-state index in [0.29, 0.717) is 6.04 Å². The summed E-state index contributed by atoms with van der Waals surface area (Å²) < 4.78 is 24.4. The molecule has 1 aromatic carbocycles. The summed E-state index contributed by atoms with van der Waals surface area (Å²) in [5.41, 5.74) is 0.890. The van der Waals surface area contributed by atoms with Crippen molar-refractivity contribution >= 4 is 0 Å². The molecule has 1 fully saturated rings. The lowest BCUT2D eigenvalue weighted by Gasteiger charge is -2.30. The van der Waals surface area contributed by atoms with E-state index in [2.05, 4.69) is 12.2 Å². The normalized spacial score (nSPS) is 23.3. The summed E-state index contributed by atoms with van der Waals surface area (Å²) in [7, 11) is 1.47. The van der Waals surface area contributed by atoms with Crippen molar-refractivity contribution in [1.29, 1.82) is 0 Å². The molecular weight excluding hydrogens is 245 g/mol. The van der Waals surface area contributed by atoms with Gasteiger partial charge < -0.3 is 14.8 Å². The Morgan fingerprint density at radius 2 is 2.32 bits per heavy atom. The van der Waals surface area contributed by atoms with Crippen molar-refractivity contribution in [1.82, 2.24) is 5.32 Å². The van der Waals surface area contributed by atoms with E-state index in [-0.39, 0.29) is 17.7 Å². The van der Waals surface area contributed by atoms with Crippen LogP contribution >= 0.6 is 0 Å². The number of benzene rings is 1. The van der Waals surface area contributed by atoms with E-state index in [1.54, 1.807) is 6.07 Å². The predicted octanol–water partition coefficient (Wildman–Crippen LogP) is 3.05. The third-order valence-electron chi connectivity index (χ3n) is 3.51. The second kappa shape index (κ2) is 6.87. The maximum Gasteiger partial charge on any atom is 0.165 e. The first-order valence-corrected chi connectivity index (χ1v) is 6.93. The van der Waals surface area contributed by atoms with Gasteiger partial charge in [0.05, 0.1) is 13.2 Å². The average molecular weight is 267 g/mol. The van der Waals surface area contributed by atoms with Gasteiger partial charge in [-0.05, 0) is 43.5 Å². The third kappa shape index (κ3) is 3.67. The fourth-order valence-corrected chi connectivity index (χ4v) is 2.45. The van der Waals surface area contributed by atoms with Crippen LogP contribution in [0.25, 0.3) is 0 Å². The second-order valence-corrected chi connectivity index (χ2v) is 4.93. The minimum atomic E-state index is -0.327. The third-order valence-corrected chi connectivity index (χ3v) is 3.51. The first kappa shape index (κ1) is 14.3. The summed E-state index contributed by atoms with van der Waals surface area (Å²) in [6, 6.07) is 5.53. The van der Waals surface area contributed by atoms with Crippen LogP contribution in [0.15, 0.2) is 18.2 Å². The highest BCUT2D eigenvalue weighted by atomic mass is 19.1. The number of rotatable bonds is 5. The largest absolute Gasteiger partial charge is 0.494 e. The number of methoxy groups -OCH3 is 1. The van der Waals surface area contributed by atoms with E-state index in [0.717, 1.165) is 38.0 Å². The van der Waals surface area contributed by atoms with Gasteiger partial charge in [-0.15, -0.1) is 0 Å². The number of halogens is 1. The predicted molar refractivity (Wildman–Crippen MR) is 73.0 cm³/mol. The van der Waals surface area contributed by atoms with Gasteiger partial charge >= 0.3 is 0 Å². The first-order valence-electron chi connectivity index (χ1n) is 6.93. The molecule has 1 aliphatic heterocycles. The van der Waals surface area contributed by atoms with E-state index >= 15 is 0 Å². The van der Waals surface area contributed by atoms with Gasteiger partial charge in [-0.25, -0.2) is 4.39 Å². The molecule has 3 nitrogen and oxygen atoms in total. The maximum atomic E-state index is 13.7. The molecule has 0 saturated carbocycles. The van der Waals surface area contributed by atoms with Gasteiger partial charge in [-0.3, -0.25) is 0 Å². The van der Waals surface area contributed by atoms with Crippen molar-refractivity contribution in [2.24, 2.45) is 0 Å². The zero-order chi connectivity index (χ0) is 13.7. The van der Waals surface area contributed by atoms with Crippen molar-refractivity contribution in [3.05, 3.63) is 29.6 Å². The van der Waals surface area contributed by atoms with Crippen LogP contribution in [0, 0.1) is 5.82 Å². The summed E-state index contributed by atoms with van der Waals surface area (Å²) >= 11 is 0. The molecule has 0 bridgehead atoms. The van der Waals surface area contributed by atoms with E-state index < -0.39 is 0 Å². The Morgan fingerprint density at radius 3 is 3.00 bits per heavy atom. The van der Waals surface area contributed by atoms with Crippen molar-refractivity contribution in [2.75, 3.05) is 20.3 Å². The van der Waals surface area contributed by atoms with Crippen molar-refractivity contribution in [3.63, 3.8) is 0 Å². The minimum absolute atomic E-state index is 0.0245. The molecule has 0 aliphatic carbocycles. The Morgan fingerprint density at radius 1 is 1.47 bits per heavy atom. The Bertz CT molecular complexity index is 411. The highest BCUT2D eigenvalue weighted by Gasteiger charge is 2.24. The van der Waals surface area contributed by atoms with Crippen LogP contribution in [0.1, 0.15) is 37.9 Å².